The number of nitrogens with one attached hydrogen (secondary N) is 2. The van der Waals surface area contributed by atoms with Gasteiger partial charge in [0.05, 0.1) is 10.5 Å². The van der Waals surface area contributed by atoms with E-state index in [0.29, 0.717) is 12.1 Å². The van der Waals surface area contributed by atoms with Crippen LogP contribution in [0.15, 0.2) is 65.8 Å². The Bertz CT molecular complexity index is 940. The molecule has 0 bridgehead atoms. The van der Waals surface area contributed by atoms with Crippen LogP contribution in [-0.2, 0) is 9.59 Å². The molecule has 2 N–H and O–H groups in total. The molecule has 1 saturated heterocycles. The Labute approximate surface area is 161 Å². The first-order valence-electron chi connectivity index (χ1n) is 8.63. The Morgan fingerprint density at radius 1 is 1.18 bits per heavy atom. The summed E-state index contributed by atoms with van der Waals surface area (Å²) in [6.07, 6.45) is 4.30. The first kappa shape index (κ1) is 19.0. The van der Waals surface area contributed by atoms with Gasteiger partial charge in [0.25, 0.3) is 11.6 Å². The van der Waals surface area contributed by atoms with Crippen LogP contribution in [0.1, 0.15) is 17.0 Å². The van der Waals surface area contributed by atoms with E-state index in [1.165, 1.54) is 24.4 Å². The largest absolute Gasteiger partial charge is 0.355 e. The van der Waals surface area contributed by atoms with Gasteiger partial charge in [-0.1, -0.05) is 42.5 Å². The number of nitro groups is 1. The third-order valence-corrected chi connectivity index (χ3v) is 4.44. The third kappa shape index (κ3) is 4.29. The summed E-state index contributed by atoms with van der Waals surface area (Å²) in [6, 6.07) is 15.6. The third-order valence-electron chi connectivity index (χ3n) is 4.44. The van der Waals surface area contributed by atoms with Crippen molar-refractivity contribution in [3.05, 3.63) is 81.9 Å². The highest BCUT2D eigenvalue weighted by Gasteiger charge is 2.40. The molecule has 28 heavy (non-hydrogen) atoms. The minimum Gasteiger partial charge on any atom is -0.355 e. The smallest absolute Gasteiger partial charge is 0.276 e. The van der Waals surface area contributed by atoms with Crippen LogP contribution in [0.25, 0.3) is 6.08 Å². The summed E-state index contributed by atoms with van der Waals surface area (Å²) in [7, 11) is 0. The first-order chi connectivity index (χ1) is 13.6. The van der Waals surface area contributed by atoms with Crippen LogP contribution < -0.4 is 10.7 Å². The molecule has 2 aromatic rings. The number of hydrogen-bond donors (Lipinski definition) is 2. The zero-order valence-electron chi connectivity index (χ0n) is 14.8. The number of allylic oxidation sites excluding steroid dienone is 1. The average Bonchev–Trinajstić information content (AvgIpc) is 3.10. The maximum Gasteiger partial charge on any atom is 0.276 e. The van der Waals surface area contributed by atoms with E-state index in [4.69, 9.17) is 0 Å². The Kier molecular flexibility index (Phi) is 5.91. The van der Waals surface area contributed by atoms with Gasteiger partial charge in [-0.3, -0.25) is 19.7 Å². The zero-order chi connectivity index (χ0) is 19.9. The Hall–Kier alpha value is -3.81. The maximum absolute atomic E-state index is 12.4. The van der Waals surface area contributed by atoms with E-state index in [1.54, 1.807) is 18.2 Å². The van der Waals surface area contributed by atoms with Crippen LogP contribution in [0.4, 0.5) is 5.69 Å². The molecule has 0 spiro atoms. The highest BCUT2D eigenvalue weighted by Crippen LogP contribution is 2.29. The van der Waals surface area contributed by atoms with Gasteiger partial charge in [0, 0.05) is 24.7 Å². The predicted molar refractivity (Wildman–Crippen MR) is 104 cm³/mol. The standard InChI is InChI=1S/C20H18N4O4/c25-19-18(16(13-21-19)14-7-2-1-3-8-14)20(26)23-22-12-6-10-15-9-4-5-11-17(15)24(27)28/h1-12,16,18H,13H2,(H,21,25)(H,23,26). The molecule has 2 aromatic carbocycles. The molecule has 1 aliphatic heterocycles. The molecule has 1 heterocycles. The van der Waals surface area contributed by atoms with Crippen LogP contribution in [0, 0.1) is 16.0 Å². The Balaban J connectivity index is 1.63. The number of rotatable bonds is 6. The number of hydrazone groups is 1. The van der Waals surface area contributed by atoms with Crippen molar-refractivity contribution in [1.82, 2.24) is 10.7 Å². The molecule has 1 aliphatic rings. The minimum absolute atomic E-state index is 0.0236. The van der Waals surface area contributed by atoms with E-state index >= 15 is 0 Å². The molecular formula is C20H18N4O4. The van der Waals surface area contributed by atoms with Crippen molar-refractivity contribution in [2.24, 2.45) is 11.0 Å². The maximum atomic E-state index is 12.4. The van der Waals surface area contributed by atoms with Gasteiger partial charge >= 0.3 is 0 Å². The second kappa shape index (κ2) is 8.72. The lowest BCUT2D eigenvalue weighted by atomic mass is 9.88. The van der Waals surface area contributed by atoms with Crippen molar-refractivity contribution in [3.63, 3.8) is 0 Å². The summed E-state index contributed by atoms with van der Waals surface area (Å²) >= 11 is 0. The molecule has 2 unspecified atom stereocenters. The summed E-state index contributed by atoms with van der Waals surface area (Å²) in [5, 5.41) is 17.5. The lowest BCUT2D eigenvalue weighted by Gasteiger charge is -2.15. The van der Waals surface area contributed by atoms with E-state index in [0.717, 1.165) is 5.56 Å². The number of carbonyl (C=O) groups excluding carboxylic acids is 2. The molecule has 0 aromatic heterocycles. The fourth-order valence-electron chi connectivity index (χ4n) is 3.09. The van der Waals surface area contributed by atoms with Gasteiger partial charge in [-0.15, -0.1) is 0 Å². The average molecular weight is 378 g/mol. The summed E-state index contributed by atoms with van der Waals surface area (Å²) in [6.45, 7) is 0.391. The summed E-state index contributed by atoms with van der Waals surface area (Å²) < 4.78 is 0. The molecule has 2 amide bonds. The minimum atomic E-state index is -0.862. The molecule has 0 saturated carbocycles. The van der Waals surface area contributed by atoms with Crippen LogP contribution >= 0.6 is 0 Å². The van der Waals surface area contributed by atoms with Crippen LogP contribution in [0.2, 0.25) is 0 Å². The van der Waals surface area contributed by atoms with Crippen LogP contribution in [0.5, 0.6) is 0 Å². The van der Waals surface area contributed by atoms with Gasteiger partial charge in [-0.05, 0) is 23.8 Å². The molecule has 2 atom stereocenters. The van der Waals surface area contributed by atoms with Crippen molar-refractivity contribution < 1.29 is 14.5 Å². The van der Waals surface area contributed by atoms with Gasteiger partial charge in [0.1, 0.15) is 5.92 Å². The SMILES string of the molecule is O=C1NCC(c2ccccc2)C1C(=O)NN=CC=Cc1ccccc1[N+](=O)[O-]. The quantitative estimate of drug-likeness (QED) is 0.347. The summed E-state index contributed by atoms with van der Waals surface area (Å²) in [4.78, 5) is 35.0. The molecule has 142 valence electrons. The number of nitrogens with zero attached hydrogens (tertiary/aromatic N) is 2. The number of hydrogen-bond acceptors (Lipinski definition) is 5. The van der Waals surface area contributed by atoms with Gasteiger partial charge in [0.2, 0.25) is 5.91 Å². The summed E-state index contributed by atoms with van der Waals surface area (Å²) in [5.74, 6) is -1.96. The summed E-state index contributed by atoms with van der Waals surface area (Å²) in [5.41, 5.74) is 3.66. The first-order valence-corrected chi connectivity index (χ1v) is 8.63. The number of benzene rings is 2. The van der Waals surface area contributed by atoms with Gasteiger partial charge in [-0.2, -0.15) is 5.10 Å². The van der Waals surface area contributed by atoms with Crippen molar-refractivity contribution in [3.8, 4) is 0 Å². The van der Waals surface area contributed by atoms with E-state index in [2.05, 4.69) is 15.8 Å². The number of amides is 2. The molecule has 8 heteroatoms. The highest BCUT2D eigenvalue weighted by atomic mass is 16.6. The number of para-hydroxylation sites is 1. The van der Waals surface area contributed by atoms with Crippen molar-refractivity contribution in [1.29, 1.82) is 0 Å². The second-order valence-corrected chi connectivity index (χ2v) is 6.17. The van der Waals surface area contributed by atoms with Gasteiger partial charge in [-0.25, -0.2) is 5.43 Å². The van der Waals surface area contributed by atoms with Gasteiger partial charge < -0.3 is 5.32 Å². The second-order valence-electron chi connectivity index (χ2n) is 6.17. The lowest BCUT2D eigenvalue weighted by Crippen LogP contribution is -2.34. The predicted octanol–water partition coefficient (Wildman–Crippen LogP) is 2.24. The zero-order valence-corrected chi connectivity index (χ0v) is 14.8. The van der Waals surface area contributed by atoms with Crippen molar-refractivity contribution >= 4 is 29.8 Å². The Morgan fingerprint density at radius 2 is 1.89 bits per heavy atom. The normalized spacial score (nSPS) is 19.1. The molecular weight excluding hydrogens is 360 g/mol. The van der Waals surface area contributed by atoms with Crippen molar-refractivity contribution in [2.45, 2.75) is 5.92 Å². The molecule has 0 aliphatic carbocycles. The number of carbonyl (C=O) groups is 2. The fourth-order valence-corrected chi connectivity index (χ4v) is 3.09. The molecule has 3 rings (SSSR count). The molecule has 0 radical (unpaired) electrons. The topological polar surface area (TPSA) is 114 Å². The van der Waals surface area contributed by atoms with E-state index in [1.807, 2.05) is 30.3 Å². The van der Waals surface area contributed by atoms with Crippen molar-refractivity contribution in [2.75, 3.05) is 6.54 Å². The fraction of sp³-hybridized carbons (Fsp3) is 0.150. The molecule has 1 fully saturated rings. The van der Waals surface area contributed by atoms with Crippen LogP contribution in [-0.4, -0.2) is 29.5 Å². The monoisotopic (exact) mass is 378 g/mol. The van der Waals surface area contributed by atoms with E-state index < -0.39 is 16.7 Å². The van der Waals surface area contributed by atoms with E-state index in [9.17, 15) is 19.7 Å². The lowest BCUT2D eigenvalue weighted by molar-refractivity contribution is -0.385. The molecule has 8 nitrogen and oxygen atoms in total. The number of nitro benzene ring substituents is 1. The Morgan fingerprint density at radius 3 is 2.64 bits per heavy atom. The highest BCUT2D eigenvalue weighted by molar-refractivity contribution is 6.03. The van der Waals surface area contributed by atoms with E-state index in [-0.39, 0.29) is 17.5 Å². The van der Waals surface area contributed by atoms with Gasteiger partial charge in [0.15, 0.2) is 0 Å². The van der Waals surface area contributed by atoms with Crippen LogP contribution in [0.3, 0.4) is 0 Å².